The van der Waals surface area contributed by atoms with Crippen LogP contribution >= 0.6 is 11.6 Å². The number of carbonyl (C=O) groups excluding carboxylic acids is 1. The predicted octanol–water partition coefficient (Wildman–Crippen LogP) is 3.99. The van der Waals surface area contributed by atoms with Crippen LogP contribution in [0.3, 0.4) is 0 Å². The maximum absolute atomic E-state index is 12.8. The molecule has 146 valence electrons. The fraction of sp³-hybridized carbons (Fsp3) is 0.350. The van der Waals surface area contributed by atoms with Crippen molar-refractivity contribution in [2.75, 3.05) is 10.6 Å². The number of aryl methyl sites for hydroxylation is 2. The zero-order chi connectivity index (χ0) is 20.4. The SMILES string of the molecule is Cc1ccc([C@@H](C)NC(=O)[C@H](C)N(c2ccc(C)c(Cl)c2)S(C)(=O)=O)cc1. The predicted molar refractivity (Wildman–Crippen MR) is 111 cm³/mol. The highest BCUT2D eigenvalue weighted by Crippen LogP contribution is 2.27. The van der Waals surface area contributed by atoms with Gasteiger partial charge in [0.2, 0.25) is 15.9 Å². The van der Waals surface area contributed by atoms with Crippen molar-refractivity contribution in [3.8, 4) is 0 Å². The molecule has 0 spiro atoms. The van der Waals surface area contributed by atoms with Gasteiger partial charge in [-0.05, 0) is 51.0 Å². The molecule has 0 fully saturated rings. The largest absolute Gasteiger partial charge is 0.348 e. The number of amides is 1. The third-order valence-electron chi connectivity index (χ3n) is 4.43. The van der Waals surface area contributed by atoms with E-state index in [0.29, 0.717) is 10.7 Å². The Morgan fingerprint density at radius 1 is 1.07 bits per heavy atom. The van der Waals surface area contributed by atoms with Crippen LogP contribution in [0.25, 0.3) is 0 Å². The molecule has 0 saturated carbocycles. The number of benzene rings is 2. The molecule has 0 aliphatic carbocycles. The average Bonchev–Trinajstić information content (AvgIpc) is 2.57. The Hall–Kier alpha value is -2.05. The molecule has 0 aliphatic rings. The monoisotopic (exact) mass is 408 g/mol. The number of nitrogens with one attached hydrogen (secondary N) is 1. The number of sulfonamides is 1. The van der Waals surface area contributed by atoms with Crippen molar-refractivity contribution in [2.24, 2.45) is 0 Å². The second-order valence-corrected chi connectivity index (χ2v) is 9.08. The van der Waals surface area contributed by atoms with E-state index in [0.717, 1.165) is 27.3 Å². The normalized spacial score (nSPS) is 13.7. The number of carbonyl (C=O) groups is 1. The molecule has 1 amide bonds. The first-order valence-corrected chi connectivity index (χ1v) is 10.9. The molecule has 2 rings (SSSR count). The number of anilines is 1. The average molecular weight is 409 g/mol. The molecule has 0 aromatic heterocycles. The van der Waals surface area contributed by atoms with Crippen molar-refractivity contribution in [1.82, 2.24) is 5.32 Å². The third kappa shape index (κ3) is 5.23. The number of rotatable bonds is 6. The molecule has 7 heteroatoms. The Kier molecular flexibility index (Phi) is 6.54. The summed E-state index contributed by atoms with van der Waals surface area (Å²) in [5.74, 6) is -0.384. The molecule has 0 aliphatic heterocycles. The summed E-state index contributed by atoms with van der Waals surface area (Å²) < 4.78 is 25.8. The molecule has 0 heterocycles. The van der Waals surface area contributed by atoms with Crippen LogP contribution < -0.4 is 9.62 Å². The summed E-state index contributed by atoms with van der Waals surface area (Å²) in [6, 6.07) is 11.6. The Balaban J connectivity index is 2.26. The topological polar surface area (TPSA) is 66.5 Å². The fourth-order valence-electron chi connectivity index (χ4n) is 2.80. The van der Waals surface area contributed by atoms with E-state index in [1.807, 2.05) is 45.0 Å². The lowest BCUT2D eigenvalue weighted by Gasteiger charge is -2.29. The van der Waals surface area contributed by atoms with Crippen LogP contribution in [0.1, 0.15) is 36.6 Å². The van der Waals surface area contributed by atoms with Crippen molar-refractivity contribution in [3.63, 3.8) is 0 Å². The van der Waals surface area contributed by atoms with Crippen LogP contribution in [0.5, 0.6) is 0 Å². The minimum absolute atomic E-state index is 0.247. The van der Waals surface area contributed by atoms with E-state index in [2.05, 4.69) is 5.32 Å². The van der Waals surface area contributed by atoms with E-state index in [-0.39, 0.29) is 11.9 Å². The van der Waals surface area contributed by atoms with Gasteiger partial charge in [-0.25, -0.2) is 8.42 Å². The summed E-state index contributed by atoms with van der Waals surface area (Å²) in [6.07, 6.45) is 1.08. The Labute approximate surface area is 166 Å². The number of hydrogen-bond acceptors (Lipinski definition) is 3. The standard InChI is InChI=1S/C20H25ClN2O3S/c1-13-6-9-17(10-7-13)15(3)22-20(24)16(4)23(27(5,25)26)18-11-8-14(2)19(21)12-18/h6-12,15-16H,1-5H3,(H,22,24)/t15-,16+/m1/s1. The zero-order valence-corrected chi connectivity index (χ0v) is 17.7. The van der Waals surface area contributed by atoms with E-state index < -0.39 is 16.1 Å². The smallest absolute Gasteiger partial charge is 0.244 e. The molecule has 0 bridgehead atoms. The summed E-state index contributed by atoms with van der Waals surface area (Å²) in [5.41, 5.74) is 3.27. The first kappa shape index (κ1) is 21.3. The van der Waals surface area contributed by atoms with E-state index >= 15 is 0 Å². The minimum Gasteiger partial charge on any atom is -0.348 e. The highest BCUT2D eigenvalue weighted by molar-refractivity contribution is 7.92. The first-order chi connectivity index (χ1) is 12.5. The first-order valence-electron chi connectivity index (χ1n) is 8.63. The van der Waals surface area contributed by atoms with E-state index in [1.165, 1.54) is 0 Å². The van der Waals surface area contributed by atoms with Gasteiger partial charge in [0.25, 0.3) is 0 Å². The molecule has 0 radical (unpaired) electrons. The van der Waals surface area contributed by atoms with Gasteiger partial charge in [0.05, 0.1) is 18.0 Å². The van der Waals surface area contributed by atoms with Crippen LogP contribution in [0.4, 0.5) is 5.69 Å². The van der Waals surface area contributed by atoms with Crippen LogP contribution in [0, 0.1) is 13.8 Å². The highest BCUT2D eigenvalue weighted by atomic mass is 35.5. The van der Waals surface area contributed by atoms with Crippen molar-refractivity contribution in [3.05, 3.63) is 64.2 Å². The van der Waals surface area contributed by atoms with Gasteiger partial charge >= 0.3 is 0 Å². The molecule has 0 unspecified atom stereocenters. The minimum atomic E-state index is -3.68. The van der Waals surface area contributed by atoms with Gasteiger partial charge in [-0.15, -0.1) is 0 Å². The highest BCUT2D eigenvalue weighted by Gasteiger charge is 2.30. The van der Waals surface area contributed by atoms with E-state index in [9.17, 15) is 13.2 Å². The fourth-order valence-corrected chi connectivity index (χ4v) is 4.14. The van der Waals surface area contributed by atoms with Gasteiger partial charge in [-0.3, -0.25) is 9.10 Å². The number of halogens is 1. The summed E-state index contributed by atoms with van der Waals surface area (Å²) in [5, 5.41) is 3.33. The Morgan fingerprint density at radius 2 is 1.67 bits per heavy atom. The number of hydrogen-bond donors (Lipinski definition) is 1. The van der Waals surface area contributed by atoms with Crippen molar-refractivity contribution >= 4 is 33.2 Å². The lowest BCUT2D eigenvalue weighted by molar-refractivity contribution is -0.122. The molecule has 27 heavy (non-hydrogen) atoms. The third-order valence-corrected chi connectivity index (χ3v) is 6.08. The van der Waals surface area contributed by atoms with Gasteiger partial charge in [-0.2, -0.15) is 0 Å². The summed E-state index contributed by atoms with van der Waals surface area (Å²) in [7, 11) is -3.68. The molecule has 2 aromatic carbocycles. The second-order valence-electron chi connectivity index (χ2n) is 6.81. The summed E-state index contributed by atoms with van der Waals surface area (Å²) in [6.45, 7) is 7.25. The maximum atomic E-state index is 12.8. The molecule has 2 aromatic rings. The molecule has 5 nitrogen and oxygen atoms in total. The quantitative estimate of drug-likeness (QED) is 0.785. The van der Waals surface area contributed by atoms with Crippen LogP contribution in [0.15, 0.2) is 42.5 Å². The van der Waals surface area contributed by atoms with Gasteiger partial charge in [0, 0.05) is 5.02 Å². The molecule has 0 saturated heterocycles. The second kappa shape index (κ2) is 8.31. The molecule has 1 N–H and O–H groups in total. The summed E-state index contributed by atoms with van der Waals surface area (Å²) in [4.78, 5) is 12.8. The van der Waals surface area contributed by atoms with E-state index in [1.54, 1.807) is 25.1 Å². The Bertz CT molecular complexity index is 927. The van der Waals surface area contributed by atoms with E-state index in [4.69, 9.17) is 11.6 Å². The van der Waals surface area contributed by atoms with Crippen molar-refractivity contribution in [2.45, 2.75) is 39.8 Å². The van der Waals surface area contributed by atoms with Gasteiger partial charge < -0.3 is 5.32 Å². The van der Waals surface area contributed by atoms with Crippen LogP contribution in [0.2, 0.25) is 5.02 Å². The molecule has 2 atom stereocenters. The zero-order valence-electron chi connectivity index (χ0n) is 16.2. The van der Waals surface area contributed by atoms with Crippen LogP contribution in [-0.2, 0) is 14.8 Å². The van der Waals surface area contributed by atoms with Gasteiger partial charge in [-0.1, -0.05) is 47.5 Å². The lowest BCUT2D eigenvalue weighted by Crippen LogP contribution is -2.48. The van der Waals surface area contributed by atoms with Crippen LogP contribution in [-0.4, -0.2) is 26.6 Å². The number of nitrogens with zero attached hydrogens (tertiary/aromatic N) is 1. The van der Waals surface area contributed by atoms with Crippen molar-refractivity contribution < 1.29 is 13.2 Å². The van der Waals surface area contributed by atoms with Gasteiger partial charge in [0.1, 0.15) is 6.04 Å². The lowest BCUT2D eigenvalue weighted by atomic mass is 10.1. The summed E-state index contributed by atoms with van der Waals surface area (Å²) >= 11 is 6.15. The van der Waals surface area contributed by atoms with Gasteiger partial charge in [0.15, 0.2) is 0 Å². The molecular weight excluding hydrogens is 384 g/mol. The molecular formula is C20H25ClN2O3S. The Morgan fingerprint density at radius 3 is 2.19 bits per heavy atom. The van der Waals surface area contributed by atoms with Crippen molar-refractivity contribution in [1.29, 1.82) is 0 Å². The maximum Gasteiger partial charge on any atom is 0.244 e.